The quantitative estimate of drug-likeness (QED) is 0.297. The summed E-state index contributed by atoms with van der Waals surface area (Å²) in [6.07, 6.45) is 1.05. The van der Waals surface area contributed by atoms with Gasteiger partial charge < -0.3 is 19.5 Å². The van der Waals surface area contributed by atoms with Gasteiger partial charge in [-0.1, -0.05) is 18.5 Å². The van der Waals surface area contributed by atoms with Crippen molar-refractivity contribution in [2.75, 3.05) is 38.1 Å². The van der Waals surface area contributed by atoms with E-state index in [4.69, 9.17) is 21.1 Å². The van der Waals surface area contributed by atoms with E-state index in [0.29, 0.717) is 24.5 Å². The molecule has 4 rings (SSSR count). The van der Waals surface area contributed by atoms with E-state index >= 15 is 0 Å². The van der Waals surface area contributed by atoms with Crippen LogP contribution in [-0.2, 0) is 24.8 Å². The predicted octanol–water partition coefficient (Wildman–Crippen LogP) is 5.40. The first-order valence-corrected chi connectivity index (χ1v) is 19.3. The molecule has 15 heteroatoms. The highest BCUT2D eigenvalue weighted by Crippen LogP contribution is 2.30. The second-order valence-electron chi connectivity index (χ2n) is 12.3. The summed E-state index contributed by atoms with van der Waals surface area (Å²) in [5.74, 6) is -1.25. The highest BCUT2D eigenvalue weighted by molar-refractivity contribution is 7.92. The summed E-state index contributed by atoms with van der Waals surface area (Å²) >= 11 is 5.93. The van der Waals surface area contributed by atoms with E-state index < -0.39 is 49.8 Å². The molecule has 0 fully saturated rings. The normalized spacial score (nSPS) is 20.6. The molecule has 0 saturated heterocycles. The van der Waals surface area contributed by atoms with Crippen molar-refractivity contribution >= 4 is 43.2 Å². The average Bonchev–Trinajstić information content (AvgIpc) is 3.06. The van der Waals surface area contributed by atoms with Crippen LogP contribution in [-0.4, -0.2) is 88.7 Å². The molecule has 0 radical (unpaired) electrons. The maximum absolute atomic E-state index is 14.4. The fraction of sp³-hybridized carbons (Fsp3) is 0.441. The number of anilines is 1. The van der Waals surface area contributed by atoms with Crippen molar-refractivity contribution in [3.05, 3.63) is 83.1 Å². The van der Waals surface area contributed by atoms with Crippen molar-refractivity contribution in [1.29, 1.82) is 0 Å². The Balaban J connectivity index is 1.67. The van der Waals surface area contributed by atoms with Gasteiger partial charge in [0.1, 0.15) is 11.6 Å². The summed E-state index contributed by atoms with van der Waals surface area (Å²) in [7, 11) is -6.60. The van der Waals surface area contributed by atoms with Crippen molar-refractivity contribution in [3.8, 4) is 5.75 Å². The van der Waals surface area contributed by atoms with Crippen LogP contribution in [0.2, 0.25) is 5.02 Å². The molecule has 49 heavy (non-hydrogen) atoms. The standard InChI is InChI=1S/C34H43ClFN3O8S2/c1-23-20-39(24(2)22-40)34(41)31-19-28(37-48(42,43)29-13-8-26(35)9-14-29)12-17-32(31)47-25(3)7-5-6-18-46-33(23)21-38(4)49(44,45)30-15-10-27(36)11-16-30/h8-17,19,23-25,33,37,40H,5-7,18,20-22H2,1-4H3/t23-,24-,25-,33+/m1/s1. The second-order valence-corrected chi connectivity index (χ2v) is 16.5. The predicted molar refractivity (Wildman–Crippen MR) is 185 cm³/mol. The lowest BCUT2D eigenvalue weighted by atomic mass is 10.0. The Bertz CT molecular complexity index is 1790. The molecule has 11 nitrogen and oxygen atoms in total. The number of nitrogens with one attached hydrogen (secondary N) is 1. The van der Waals surface area contributed by atoms with E-state index in [-0.39, 0.29) is 52.6 Å². The molecule has 0 aromatic heterocycles. The van der Waals surface area contributed by atoms with Crippen LogP contribution < -0.4 is 9.46 Å². The van der Waals surface area contributed by atoms with Gasteiger partial charge in [0.05, 0.1) is 40.2 Å². The number of sulfonamides is 2. The molecule has 4 atom stereocenters. The van der Waals surface area contributed by atoms with Gasteiger partial charge >= 0.3 is 0 Å². The van der Waals surface area contributed by atoms with Gasteiger partial charge in [-0.2, -0.15) is 4.31 Å². The van der Waals surface area contributed by atoms with Crippen LogP contribution in [0.5, 0.6) is 5.75 Å². The fourth-order valence-corrected chi connectivity index (χ4v) is 7.77. The van der Waals surface area contributed by atoms with Gasteiger partial charge in [-0.05, 0) is 99.8 Å². The van der Waals surface area contributed by atoms with Gasteiger partial charge in [-0.3, -0.25) is 9.52 Å². The molecule has 1 aliphatic rings. The number of benzene rings is 3. The summed E-state index contributed by atoms with van der Waals surface area (Å²) in [5, 5.41) is 10.6. The molecular formula is C34H43ClFN3O8S2. The highest BCUT2D eigenvalue weighted by Gasteiger charge is 2.32. The molecule has 1 aliphatic heterocycles. The third-order valence-electron chi connectivity index (χ3n) is 8.39. The zero-order valence-electron chi connectivity index (χ0n) is 27.9. The third kappa shape index (κ3) is 9.92. The Morgan fingerprint density at radius 1 is 1.02 bits per heavy atom. The molecule has 1 heterocycles. The fourth-order valence-electron chi connectivity index (χ4n) is 5.41. The number of nitrogens with zero attached hydrogens (tertiary/aromatic N) is 2. The minimum absolute atomic E-state index is 0.0185. The first kappa shape index (κ1) is 38.5. The smallest absolute Gasteiger partial charge is 0.261 e. The lowest BCUT2D eigenvalue weighted by Gasteiger charge is -2.35. The van der Waals surface area contributed by atoms with Gasteiger partial charge in [0.2, 0.25) is 10.0 Å². The Morgan fingerprint density at radius 3 is 2.33 bits per heavy atom. The minimum atomic E-state index is -4.03. The summed E-state index contributed by atoms with van der Waals surface area (Å²) in [5.41, 5.74) is 0.207. The Hall–Kier alpha value is -3.27. The number of likely N-dealkylation sites (N-methyl/N-ethyl adjacent to an activating group) is 1. The maximum atomic E-state index is 14.4. The summed E-state index contributed by atoms with van der Waals surface area (Å²) < 4.78 is 82.7. The van der Waals surface area contributed by atoms with E-state index in [0.717, 1.165) is 22.9 Å². The van der Waals surface area contributed by atoms with Crippen LogP contribution in [0.15, 0.2) is 76.5 Å². The molecule has 0 spiro atoms. The summed E-state index contributed by atoms with van der Waals surface area (Å²) in [6, 6.07) is 14.0. The molecular weight excluding hydrogens is 697 g/mol. The largest absolute Gasteiger partial charge is 0.490 e. The van der Waals surface area contributed by atoms with Crippen molar-refractivity contribution in [1.82, 2.24) is 9.21 Å². The highest BCUT2D eigenvalue weighted by atomic mass is 35.5. The topological polar surface area (TPSA) is 143 Å². The lowest BCUT2D eigenvalue weighted by molar-refractivity contribution is -0.00834. The first-order chi connectivity index (χ1) is 23.1. The molecule has 0 bridgehead atoms. The van der Waals surface area contributed by atoms with Crippen molar-refractivity contribution in [2.45, 2.75) is 68.1 Å². The van der Waals surface area contributed by atoms with E-state index in [1.807, 2.05) is 13.8 Å². The number of carbonyl (C=O) groups is 1. The molecule has 0 saturated carbocycles. The van der Waals surface area contributed by atoms with Gasteiger partial charge in [0.15, 0.2) is 0 Å². The number of hydrogen-bond donors (Lipinski definition) is 2. The molecule has 2 N–H and O–H groups in total. The van der Waals surface area contributed by atoms with E-state index in [1.54, 1.807) is 13.0 Å². The first-order valence-electron chi connectivity index (χ1n) is 16.0. The number of halogens is 2. The minimum Gasteiger partial charge on any atom is -0.490 e. The Kier molecular flexibility index (Phi) is 13.1. The Morgan fingerprint density at radius 2 is 1.67 bits per heavy atom. The number of ether oxygens (including phenoxy) is 2. The van der Waals surface area contributed by atoms with Crippen LogP contribution in [0, 0.1) is 11.7 Å². The third-order valence-corrected chi connectivity index (χ3v) is 11.9. The maximum Gasteiger partial charge on any atom is 0.261 e. The van der Waals surface area contributed by atoms with Crippen LogP contribution >= 0.6 is 11.6 Å². The Labute approximate surface area is 293 Å². The SMILES string of the molecule is C[C@@H]1CCCCO[C@@H](CN(C)S(=O)(=O)c2ccc(F)cc2)[C@H](C)CN([C@H](C)CO)C(=O)c2cc(NS(=O)(=O)c3ccc(Cl)cc3)ccc2O1. The molecule has 3 aromatic rings. The van der Waals surface area contributed by atoms with E-state index in [9.17, 15) is 31.1 Å². The molecule has 0 aliphatic carbocycles. The lowest BCUT2D eigenvalue weighted by Crippen LogP contribution is -2.48. The molecule has 268 valence electrons. The second kappa shape index (κ2) is 16.6. The molecule has 3 aromatic carbocycles. The van der Waals surface area contributed by atoms with E-state index in [1.165, 1.54) is 60.5 Å². The molecule has 1 amide bonds. The van der Waals surface area contributed by atoms with Crippen LogP contribution in [0.3, 0.4) is 0 Å². The number of amides is 1. The summed E-state index contributed by atoms with van der Waals surface area (Å²) in [6.45, 7) is 5.34. The number of carbonyl (C=O) groups excluding carboxylic acids is 1. The number of fused-ring (bicyclic) bond motifs is 1. The van der Waals surface area contributed by atoms with Crippen LogP contribution in [0.1, 0.15) is 50.4 Å². The number of rotatable bonds is 9. The van der Waals surface area contributed by atoms with Crippen molar-refractivity contribution < 1.29 is 40.6 Å². The zero-order chi connectivity index (χ0) is 35.9. The van der Waals surface area contributed by atoms with Gasteiger partial charge in [0, 0.05) is 43.4 Å². The zero-order valence-corrected chi connectivity index (χ0v) is 30.3. The number of hydrogen-bond acceptors (Lipinski definition) is 8. The van der Waals surface area contributed by atoms with Gasteiger partial charge in [0.25, 0.3) is 15.9 Å². The average molecular weight is 740 g/mol. The van der Waals surface area contributed by atoms with Gasteiger partial charge in [-0.15, -0.1) is 0 Å². The summed E-state index contributed by atoms with van der Waals surface area (Å²) in [4.78, 5) is 15.7. The van der Waals surface area contributed by atoms with E-state index in [2.05, 4.69) is 4.72 Å². The number of aliphatic hydroxyl groups excluding tert-OH is 1. The number of aliphatic hydroxyl groups is 1. The molecule has 0 unspecified atom stereocenters. The van der Waals surface area contributed by atoms with Crippen LogP contribution in [0.4, 0.5) is 10.1 Å². The monoisotopic (exact) mass is 739 g/mol. The van der Waals surface area contributed by atoms with Crippen molar-refractivity contribution in [3.63, 3.8) is 0 Å². The van der Waals surface area contributed by atoms with Crippen LogP contribution in [0.25, 0.3) is 0 Å². The van der Waals surface area contributed by atoms with Gasteiger partial charge in [-0.25, -0.2) is 21.2 Å². The van der Waals surface area contributed by atoms with Crippen molar-refractivity contribution in [2.24, 2.45) is 5.92 Å².